The van der Waals surface area contributed by atoms with E-state index >= 15 is 0 Å². The fraction of sp³-hybridized carbons (Fsp3) is 0.130. The van der Waals surface area contributed by atoms with E-state index in [0.29, 0.717) is 11.4 Å². The predicted octanol–water partition coefficient (Wildman–Crippen LogP) is 4.47. The van der Waals surface area contributed by atoms with Gasteiger partial charge in [0.25, 0.3) is 5.91 Å². The van der Waals surface area contributed by atoms with Gasteiger partial charge in [-0.1, -0.05) is 12.1 Å². The molecule has 4 rings (SSSR count). The number of aromatic nitrogens is 2. The van der Waals surface area contributed by atoms with Crippen LogP contribution in [0, 0.1) is 12.7 Å². The predicted molar refractivity (Wildman–Crippen MR) is 112 cm³/mol. The summed E-state index contributed by atoms with van der Waals surface area (Å²) in [5, 5.41) is 2.76. The second-order valence-corrected chi connectivity index (χ2v) is 6.78. The van der Waals surface area contributed by atoms with Gasteiger partial charge in [0.2, 0.25) is 0 Å². The summed E-state index contributed by atoms with van der Waals surface area (Å²) in [5.41, 5.74) is 4.02. The van der Waals surface area contributed by atoms with Gasteiger partial charge in [-0.15, -0.1) is 0 Å². The van der Waals surface area contributed by atoms with Crippen molar-refractivity contribution in [3.05, 3.63) is 78.4 Å². The number of halogens is 1. The van der Waals surface area contributed by atoms with Crippen LogP contribution in [0.3, 0.4) is 0 Å². The zero-order valence-electron chi connectivity index (χ0n) is 16.6. The van der Waals surface area contributed by atoms with E-state index in [-0.39, 0.29) is 12.4 Å². The van der Waals surface area contributed by atoms with Gasteiger partial charge >= 0.3 is 0 Å². The van der Waals surface area contributed by atoms with Crippen LogP contribution in [0.15, 0.2) is 67.0 Å². The maximum Gasteiger partial charge on any atom is 0.262 e. The first-order valence-corrected chi connectivity index (χ1v) is 9.34. The molecular formula is C23H20FN3O3. The molecule has 0 atom stereocenters. The number of pyridine rings is 1. The Hall–Kier alpha value is -3.87. The lowest BCUT2D eigenvalue weighted by Gasteiger charge is -2.12. The van der Waals surface area contributed by atoms with Gasteiger partial charge in [-0.25, -0.2) is 9.37 Å². The molecular weight excluding hydrogens is 385 g/mol. The quantitative estimate of drug-likeness (QED) is 0.514. The van der Waals surface area contributed by atoms with Crippen molar-refractivity contribution in [3.8, 4) is 22.8 Å². The van der Waals surface area contributed by atoms with Crippen molar-refractivity contribution < 1.29 is 18.7 Å². The number of ether oxygens (including phenoxy) is 2. The summed E-state index contributed by atoms with van der Waals surface area (Å²) in [6, 6.07) is 15.4. The number of carbonyl (C=O) groups is 1. The van der Waals surface area contributed by atoms with Gasteiger partial charge in [0.05, 0.1) is 18.5 Å². The van der Waals surface area contributed by atoms with Crippen LogP contribution in [0.4, 0.5) is 10.1 Å². The van der Waals surface area contributed by atoms with Gasteiger partial charge < -0.3 is 19.2 Å². The van der Waals surface area contributed by atoms with E-state index in [4.69, 9.17) is 9.47 Å². The minimum atomic E-state index is -0.521. The third kappa shape index (κ3) is 4.10. The highest BCUT2D eigenvalue weighted by molar-refractivity contribution is 5.94. The van der Waals surface area contributed by atoms with Gasteiger partial charge in [-0.05, 0) is 55.0 Å². The number of rotatable bonds is 6. The van der Waals surface area contributed by atoms with Crippen LogP contribution in [-0.2, 0) is 4.79 Å². The molecule has 2 aromatic carbocycles. The SMILES string of the molecule is COc1ccc(-c2cn3ccc(C)cc3n2)cc1NC(=O)COc1ccccc1F. The molecule has 0 saturated carbocycles. The minimum absolute atomic E-state index is 0.0216. The normalized spacial score (nSPS) is 10.8. The summed E-state index contributed by atoms with van der Waals surface area (Å²) < 4.78 is 26.2. The molecule has 0 fully saturated rings. The Kier molecular flexibility index (Phi) is 5.34. The standard InChI is InChI=1S/C23H20FN3O3/c1-15-9-10-27-13-19(25-22(27)11-15)16-7-8-21(29-2)18(12-16)26-23(28)14-30-20-6-4-3-5-17(20)24/h3-13H,14H2,1-2H3,(H,26,28). The van der Waals surface area contributed by atoms with Crippen molar-refractivity contribution in [2.24, 2.45) is 0 Å². The van der Waals surface area contributed by atoms with Crippen LogP contribution in [0.2, 0.25) is 0 Å². The van der Waals surface area contributed by atoms with Crippen LogP contribution >= 0.6 is 0 Å². The number of anilines is 1. The summed E-state index contributed by atoms with van der Waals surface area (Å²) >= 11 is 0. The summed E-state index contributed by atoms with van der Waals surface area (Å²) in [5.74, 6) is -0.433. The van der Waals surface area contributed by atoms with Crippen molar-refractivity contribution in [1.29, 1.82) is 0 Å². The molecule has 2 heterocycles. The highest BCUT2D eigenvalue weighted by Crippen LogP contribution is 2.30. The molecule has 6 nitrogen and oxygen atoms in total. The first-order valence-electron chi connectivity index (χ1n) is 9.34. The van der Waals surface area contributed by atoms with E-state index in [1.807, 2.05) is 41.9 Å². The average molecular weight is 405 g/mol. The summed E-state index contributed by atoms with van der Waals surface area (Å²) in [4.78, 5) is 17.0. The average Bonchev–Trinajstić information content (AvgIpc) is 3.16. The van der Waals surface area contributed by atoms with Crippen molar-refractivity contribution in [1.82, 2.24) is 9.38 Å². The minimum Gasteiger partial charge on any atom is -0.495 e. The fourth-order valence-corrected chi connectivity index (χ4v) is 3.08. The number of nitrogens with one attached hydrogen (secondary N) is 1. The monoisotopic (exact) mass is 405 g/mol. The number of hydrogen-bond acceptors (Lipinski definition) is 4. The maximum atomic E-state index is 13.7. The van der Waals surface area contributed by atoms with E-state index in [1.54, 1.807) is 24.3 Å². The van der Waals surface area contributed by atoms with E-state index < -0.39 is 11.7 Å². The number of hydrogen-bond donors (Lipinski definition) is 1. The summed E-state index contributed by atoms with van der Waals surface area (Å²) in [7, 11) is 1.52. The topological polar surface area (TPSA) is 64.9 Å². The Morgan fingerprint density at radius 2 is 1.97 bits per heavy atom. The van der Waals surface area contributed by atoms with E-state index in [2.05, 4.69) is 10.3 Å². The van der Waals surface area contributed by atoms with Crippen molar-refractivity contribution in [2.75, 3.05) is 19.0 Å². The Morgan fingerprint density at radius 1 is 1.13 bits per heavy atom. The number of nitrogens with zero attached hydrogens (tertiary/aromatic N) is 2. The molecule has 0 spiro atoms. The molecule has 0 unspecified atom stereocenters. The number of aryl methyl sites for hydroxylation is 1. The van der Waals surface area contributed by atoms with E-state index in [9.17, 15) is 9.18 Å². The molecule has 2 aromatic heterocycles. The Bertz CT molecular complexity index is 1220. The van der Waals surface area contributed by atoms with Gasteiger partial charge in [-0.2, -0.15) is 0 Å². The fourth-order valence-electron chi connectivity index (χ4n) is 3.08. The zero-order valence-corrected chi connectivity index (χ0v) is 16.6. The smallest absolute Gasteiger partial charge is 0.262 e. The second kappa shape index (κ2) is 8.24. The lowest BCUT2D eigenvalue weighted by Crippen LogP contribution is -2.20. The molecule has 1 amide bonds. The molecule has 1 N–H and O–H groups in total. The molecule has 0 aliphatic heterocycles. The number of methoxy groups -OCH3 is 1. The molecule has 0 bridgehead atoms. The van der Waals surface area contributed by atoms with Crippen LogP contribution < -0.4 is 14.8 Å². The summed E-state index contributed by atoms with van der Waals surface area (Å²) in [6.45, 7) is 1.68. The first-order chi connectivity index (χ1) is 14.5. The third-order valence-electron chi connectivity index (χ3n) is 4.58. The third-order valence-corrected chi connectivity index (χ3v) is 4.58. The number of amides is 1. The Morgan fingerprint density at radius 3 is 2.77 bits per heavy atom. The van der Waals surface area contributed by atoms with Crippen LogP contribution in [0.1, 0.15) is 5.56 Å². The Labute approximate surface area is 172 Å². The Balaban J connectivity index is 1.54. The van der Waals surface area contributed by atoms with Crippen molar-refractivity contribution in [3.63, 3.8) is 0 Å². The molecule has 4 aromatic rings. The maximum absolute atomic E-state index is 13.7. The van der Waals surface area contributed by atoms with Crippen molar-refractivity contribution in [2.45, 2.75) is 6.92 Å². The number of benzene rings is 2. The van der Waals surface area contributed by atoms with Crippen LogP contribution in [-0.4, -0.2) is 29.0 Å². The highest BCUT2D eigenvalue weighted by atomic mass is 19.1. The lowest BCUT2D eigenvalue weighted by molar-refractivity contribution is -0.118. The summed E-state index contributed by atoms with van der Waals surface area (Å²) in [6.07, 6.45) is 3.87. The number of carbonyl (C=O) groups excluding carboxylic acids is 1. The van der Waals surface area contributed by atoms with Crippen LogP contribution in [0.5, 0.6) is 11.5 Å². The number of fused-ring (bicyclic) bond motifs is 1. The second-order valence-electron chi connectivity index (χ2n) is 6.78. The molecule has 152 valence electrons. The number of para-hydroxylation sites is 1. The zero-order chi connectivity index (χ0) is 21.1. The molecule has 30 heavy (non-hydrogen) atoms. The highest BCUT2D eigenvalue weighted by Gasteiger charge is 2.13. The lowest BCUT2D eigenvalue weighted by atomic mass is 10.1. The van der Waals surface area contributed by atoms with Crippen LogP contribution in [0.25, 0.3) is 16.9 Å². The molecule has 7 heteroatoms. The molecule has 0 aliphatic rings. The van der Waals surface area contributed by atoms with Gasteiger partial charge in [-0.3, -0.25) is 4.79 Å². The largest absolute Gasteiger partial charge is 0.495 e. The van der Waals surface area contributed by atoms with E-state index in [0.717, 1.165) is 22.5 Å². The molecule has 0 aliphatic carbocycles. The molecule has 0 radical (unpaired) electrons. The van der Waals surface area contributed by atoms with Gasteiger partial charge in [0.15, 0.2) is 18.2 Å². The van der Waals surface area contributed by atoms with Gasteiger partial charge in [0.1, 0.15) is 11.4 Å². The first kappa shape index (κ1) is 19.4. The van der Waals surface area contributed by atoms with E-state index in [1.165, 1.54) is 19.2 Å². The number of imidazole rings is 1. The van der Waals surface area contributed by atoms with Gasteiger partial charge in [0, 0.05) is 18.0 Å². The molecule has 0 saturated heterocycles. The van der Waals surface area contributed by atoms with Crippen molar-refractivity contribution >= 4 is 17.2 Å².